The largest absolute Gasteiger partial charge is 0.508 e. The Labute approximate surface area is 138 Å². The third-order valence-electron chi connectivity index (χ3n) is 5.73. The van der Waals surface area contributed by atoms with E-state index in [4.69, 9.17) is 0 Å². The Balaban J connectivity index is 2.14. The fourth-order valence-electron chi connectivity index (χ4n) is 4.43. The Morgan fingerprint density at radius 1 is 1.22 bits per heavy atom. The average molecular weight is 314 g/mol. The summed E-state index contributed by atoms with van der Waals surface area (Å²) in [6.45, 7) is 6.48. The van der Waals surface area contributed by atoms with Gasteiger partial charge in [0.15, 0.2) is 0 Å². The van der Waals surface area contributed by atoms with Crippen molar-refractivity contribution >= 4 is 5.78 Å². The van der Waals surface area contributed by atoms with Gasteiger partial charge in [0.25, 0.3) is 0 Å². The van der Waals surface area contributed by atoms with Crippen LogP contribution in [0.4, 0.5) is 0 Å². The average Bonchev–Trinajstić information content (AvgIpc) is 2.60. The van der Waals surface area contributed by atoms with Crippen LogP contribution in [0.25, 0.3) is 0 Å². The van der Waals surface area contributed by atoms with Crippen molar-refractivity contribution in [1.29, 1.82) is 0 Å². The van der Waals surface area contributed by atoms with Gasteiger partial charge in [-0.05, 0) is 48.8 Å². The topological polar surface area (TPSA) is 57.5 Å². The van der Waals surface area contributed by atoms with Crippen LogP contribution in [0.3, 0.4) is 0 Å². The summed E-state index contributed by atoms with van der Waals surface area (Å²) in [5.41, 5.74) is 2.03. The maximum absolute atomic E-state index is 13.0. The van der Waals surface area contributed by atoms with E-state index < -0.39 is 0 Å². The van der Waals surface area contributed by atoms with Crippen LogP contribution in [0.15, 0.2) is 29.8 Å². The van der Waals surface area contributed by atoms with Crippen molar-refractivity contribution in [2.45, 2.75) is 52.4 Å². The number of fused-ring (bicyclic) bond motifs is 1. The number of carbonyl (C=O) groups excluding carboxylic acids is 1. The van der Waals surface area contributed by atoms with E-state index in [2.05, 4.69) is 19.9 Å². The summed E-state index contributed by atoms with van der Waals surface area (Å²) in [5.74, 6) is 0.103. The van der Waals surface area contributed by atoms with Gasteiger partial charge in [0.2, 0.25) is 0 Å². The van der Waals surface area contributed by atoms with E-state index in [-0.39, 0.29) is 40.5 Å². The molecule has 23 heavy (non-hydrogen) atoms. The van der Waals surface area contributed by atoms with E-state index in [0.717, 1.165) is 25.7 Å². The summed E-state index contributed by atoms with van der Waals surface area (Å²) >= 11 is 0. The van der Waals surface area contributed by atoms with Gasteiger partial charge in [-0.15, -0.1) is 0 Å². The highest BCUT2D eigenvalue weighted by molar-refractivity contribution is 5.90. The van der Waals surface area contributed by atoms with E-state index in [0.29, 0.717) is 5.56 Å². The molecule has 3 rings (SSSR count). The molecule has 1 aromatic rings. The van der Waals surface area contributed by atoms with Crippen LogP contribution in [0.2, 0.25) is 0 Å². The number of carbonyl (C=O) groups is 1. The Bertz CT molecular complexity index is 657. The number of allylic oxidation sites excluding steroid dienone is 2. The standard InChI is InChI=1S/C20H26O3/c1-12-6-8-16-14(5-4-10-20(16,2)3)18(19(12)23)15-11-13(21)7-9-17(15)22/h7-9,11-12,14,18,21-22H,4-6,10H2,1-3H3/t12-,14+,18+/m1/s1. The number of phenols is 2. The Morgan fingerprint density at radius 3 is 2.70 bits per heavy atom. The lowest BCUT2D eigenvalue weighted by molar-refractivity contribution is -0.124. The summed E-state index contributed by atoms with van der Waals surface area (Å²) in [4.78, 5) is 13.0. The van der Waals surface area contributed by atoms with E-state index in [1.807, 2.05) is 6.92 Å². The van der Waals surface area contributed by atoms with Crippen LogP contribution >= 0.6 is 0 Å². The van der Waals surface area contributed by atoms with Gasteiger partial charge >= 0.3 is 0 Å². The highest BCUT2D eigenvalue weighted by Gasteiger charge is 2.44. The van der Waals surface area contributed by atoms with E-state index in [9.17, 15) is 15.0 Å². The normalized spacial score (nSPS) is 30.3. The van der Waals surface area contributed by atoms with E-state index in [1.165, 1.54) is 17.7 Å². The first-order valence-electron chi connectivity index (χ1n) is 8.57. The van der Waals surface area contributed by atoms with Crippen molar-refractivity contribution < 1.29 is 15.0 Å². The number of aromatic hydroxyl groups is 2. The summed E-state index contributed by atoms with van der Waals surface area (Å²) in [7, 11) is 0. The second-order valence-corrected chi connectivity index (χ2v) is 7.80. The minimum atomic E-state index is -0.356. The van der Waals surface area contributed by atoms with Crippen LogP contribution in [-0.2, 0) is 4.79 Å². The minimum Gasteiger partial charge on any atom is -0.508 e. The van der Waals surface area contributed by atoms with Crippen molar-refractivity contribution in [3.63, 3.8) is 0 Å². The molecule has 2 aliphatic carbocycles. The molecule has 2 aliphatic rings. The molecule has 0 spiro atoms. The van der Waals surface area contributed by atoms with Crippen molar-refractivity contribution in [3.05, 3.63) is 35.4 Å². The van der Waals surface area contributed by atoms with E-state index in [1.54, 1.807) is 6.07 Å². The Morgan fingerprint density at radius 2 is 1.96 bits per heavy atom. The molecule has 0 bridgehead atoms. The van der Waals surface area contributed by atoms with E-state index >= 15 is 0 Å². The molecule has 124 valence electrons. The maximum atomic E-state index is 13.0. The van der Waals surface area contributed by atoms with Gasteiger partial charge in [0.05, 0.1) is 5.92 Å². The third kappa shape index (κ3) is 2.77. The summed E-state index contributed by atoms with van der Waals surface area (Å²) < 4.78 is 0. The second kappa shape index (κ2) is 5.70. The number of hydrogen-bond donors (Lipinski definition) is 2. The van der Waals surface area contributed by atoms with Gasteiger partial charge in [-0.2, -0.15) is 0 Å². The second-order valence-electron chi connectivity index (χ2n) is 7.80. The predicted molar refractivity (Wildman–Crippen MR) is 90.5 cm³/mol. The highest BCUT2D eigenvalue weighted by atomic mass is 16.3. The first-order chi connectivity index (χ1) is 10.8. The molecule has 3 atom stereocenters. The Kier molecular flexibility index (Phi) is 3.99. The molecule has 0 unspecified atom stereocenters. The number of hydrogen-bond acceptors (Lipinski definition) is 3. The quantitative estimate of drug-likeness (QED) is 0.591. The molecule has 3 nitrogen and oxygen atoms in total. The van der Waals surface area contributed by atoms with Gasteiger partial charge < -0.3 is 10.2 Å². The lowest BCUT2D eigenvalue weighted by Crippen LogP contribution is -2.33. The van der Waals surface area contributed by atoms with Gasteiger partial charge in [-0.3, -0.25) is 4.79 Å². The summed E-state index contributed by atoms with van der Waals surface area (Å²) in [5, 5.41) is 20.2. The maximum Gasteiger partial charge on any atom is 0.144 e. The number of phenolic OH excluding ortho intramolecular Hbond substituents is 2. The van der Waals surface area contributed by atoms with Gasteiger partial charge in [-0.1, -0.05) is 38.8 Å². The molecule has 2 N–H and O–H groups in total. The third-order valence-corrected chi connectivity index (χ3v) is 5.73. The molecular formula is C20H26O3. The number of ketones is 1. The SMILES string of the molecule is C[C@@H]1CC=C2[C@H](CCCC2(C)C)[C@@H](c2cc(O)ccc2O)C1=O. The molecule has 1 fully saturated rings. The molecule has 0 amide bonds. The fraction of sp³-hybridized carbons (Fsp3) is 0.550. The van der Waals surface area contributed by atoms with Crippen LogP contribution in [-0.4, -0.2) is 16.0 Å². The lowest BCUT2D eigenvalue weighted by atomic mass is 9.63. The molecule has 0 heterocycles. The first-order valence-corrected chi connectivity index (χ1v) is 8.57. The first kappa shape index (κ1) is 16.1. The number of benzene rings is 1. The molecule has 1 aromatic carbocycles. The molecule has 0 aliphatic heterocycles. The van der Waals surface area contributed by atoms with Crippen molar-refractivity contribution in [2.24, 2.45) is 17.3 Å². The minimum absolute atomic E-state index is 0.0596. The summed E-state index contributed by atoms with van der Waals surface area (Å²) in [6.07, 6.45) is 6.23. The molecule has 0 saturated heterocycles. The monoisotopic (exact) mass is 314 g/mol. The smallest absolute Gasteiger partial charge is 0.144 e. The zero-order valence-corrected chi connectivity index (χ0v) is 14.2. The molecule has 0 radical (unpaired) electrons. The summed E-state index contributed by atoms with van der Waals surface area (Å²) in [6, 6.07) is 4.52. The van der Waals surface area contributed by atoms with Crippen LogP contribution in [0.5, 0.6) is 11.5 Å². The van der Waals surface area contributed by atoms with Crippen LogP contribution in [0, 0.1) is 17.3 Å². The van der Waals surface area contributed by atoms with Gasteiger partial charge in [0, 0.05) is 11.5 Å². The van der Waals surface area contributed by atoms with Crippen molar-refractivity contribution in [3.8, 4) is 11.5 Å². The van der Waals surface area contributed by atoms with Crippen molar-refractivity contribution in [1.82, 2.24) is 0 Å². The molecule has 3 heteroatoms. The lowest BCUT2D eigenvalue weighted by Gasteiger charge is -2.41. The number of rotatable bonds is 1. The zero-order chi connectivity index (χ0) is 16.8. The van der Waals surface area contributed by atoms with Gasteiger partial charge in [-0.25, -0.2) is 0 Å². The Hall–Kier alpha value is -1.77. The molecular weight excluding hydrogens is 288 g/mol. The van der Waals surface area contributed by atoms with Crippen molar-refractivity contribution in [2.75, 3.05) is 0 Å². The molecule has 1 saturated carbocycles. The zero-order valence-electron chi connectivity index (χ0n) is 14.2. The number of Topliss-reactive ketones (excluding diaryl/α,β-unsaturated/α-hetero) is 1. The molecule has 0 aromatic heterocycles. The van der Waals surface area contributed by atoms with Crippen LogP contribution < -0.4 is 0 Å². The predicted octanol–water partition coefficient (Wildman–Crippen LogP) is 4.54. The fourth-order valence-corrected chi connectivity index (χ4v) is 4.43. The van der Waals surface area contributed by atoms with Crippen LogP contribution in [0.1, 0.15) is 57.9 Å². The van der Waals surface area contributed by atoms with Gasteiger partial charge in [0.1, 0.15) is 17.3 Å². The highest BCUT2D eigenvalue weighted by Crippen LogP contribution is 2.52.